The van der Waals surface area contributed by atoms with Crippen LogP contribution in [0.1, 0.15) is 22.3 Å². The van der Waals surface area contributed by atoms with Crippen LogP contribution in [-0.4, -0.2) is 0 Å². The highest BCUT2D eigenvalue weighted by Crippen LogP contribution is 2.20. The molecule has 0 N–H and O–H groups in total. The summed E-state index contributed by atoms with van der Waals surface area (Å²) in [7, 11) is 0. The minimum absolute atomic E-state index is 0.198. The summed E-state index contributed by atoms with van der Waals surface area (Å²) in [5, 5.41) is 2.38. The zero-order valence-corrected chi connectivity index (χ0v) is 15.0. The molecule has 0 aromatic heterocycles. The largest absolute Gasteiger partial charge is 0.207 e. The van der Waals surface area contributed by atoms with Gasteiger partial charge in [-0.25, -0.2) is 4.39 Å². The lowest BCUT2D eigenvalue weighted by Crippen LogP contribution is -1.89. The fourth-order valence-electron chi connectivity index (χ4n) is 3.17. The molecule has 0 bridgehead atoms. The molecular weight excluding hydrogens is 331 g/mol. The molecule has 130 valence electrons. The van der Waals surface area contributed by atoms with Gasteiger partial charge in [-0.15, -0.1) is 0 Å². The van der Waals surface area contributed by atoms with Crippen LogP contribution in [0.25, 0.3) is 10.8 Å². The molecule has 0 saturated carbocycles. The standard InChI is InChI=1S/C26H19F/c27-26-15-11-22(12-16-26)17-23-10-14-24-13-9-21(18-25(24)19-23)8-4-7-20-5-2-1-3-6-20/h1-3,5-6,9-16,18-19H,7,17H2. The third-order valence-corrected chi connectivity index (χ3v) is 4.59. The van der Waals surface area contributed by atoms with Gasteiger partial charge in [0.2, 0.25) is 0 Å². The maximum Gasteiger partial charge on any atom is 0.123 e. The average Bonchev–Trinajstić information content (AvgIpc) is 2.70. The van der Waals surface area contributed by atoms with Crippen LogP contribution < -0.4 is 0 Å². The van der Waals surface area contributed by atoms with Crippen molar-refractivity contribution in [2.75, 3.05) is 0 Å². The molecule has 0 radical (unpaired) electrons. The molecule has 0 aliphatic rings. The number of benzene rings is 4. The maximum absolute atomic E-state index is 13.1. The van der Waals surface area contributed by atoms with Gasteiger partial charge in [0.05, 0.1) is 0 Å². The minimum Gasteiger partial charge on any atom is -0.207 e. The highest BCUT2D eigenvalue weighted by molar-refractivity contribution is 5.84. The van der Waals surface area contributed by atoms with Crippen LogP contribution in [0.3, 0.4) is 0 Å². The van der Waals surface area contributed by atoms with Crippen molar-refractivity contribution in [3.63, 3.8) is 0 Å². The Bertz CT molecular complexity index is 1110. The molecule has 0 saturated heterocycles. The SMILES string of the molecule is Fc1ccc(Cc2ccc3ccc(C#CCc4ccccc4)cc3c2)cc1. The second-order valence-electron chi connectivity index (χ2n) is 6.66. The predicted octanol–water partition coefficient (Wildman–Crippen LogP) is 6.16. The molecule has 0 amide bonds. The van der Waals surface area contributed by atoms with Crippen molar-refractivity contribution in [3.8, 4) is 11.8 Å². The third kappa shape index (κ3) is 4.43. The summed E-state index contributed by atoms with van der Waals surface area (Å²) >= 11 is 0. The molecule has 4 aromatic carbocycles. The summed E-state index contributed by atoms with van der Waals surface area (Å²) in [6.07, 6.45) is 1.55. The Morgan fingerprint density at radius 3 is 2.19 bits per heavy atom. The van der Waals surface area contributed by atoms with Gasteiger partial charge in [-0.1, -0.05) is 78.6 Å². The van der Waals surface area contributed by atoms with Gasteiger partial charge < -0.3 is 0 Å². The fourth-order valence-corrected chi connectivity index (χ4v) is 3.17. The molecule has 0 aliphatic heterocycles. The summed E-state index contributed by atoms with van der Waals surface area (Å²) in [6, 6.07) is 29.8. The molecule has 0 unspecified atom stereocenters. The topological polar surface area (TPSA) is 0 Å². The van der Waals surface area contributed by atoms with Crippen LogP contribution in [0.15, 0.2) is 91.0 Å². The van der Waals surface area contributed by atoms with Crippen molar-refractivity contribution >= 4 is 10.8 Å². The van der Waals surface area contributed by atoms with Crippen LogP contribution in [0, 0.1) is 17.7 Å². The Labute approximate surface area is 159 Å². The van der Waals surface area contributed by atoms with E-state index >= 15 is 0 Å². The van der Waals surface area contributed by atoms with E-state index in [9.17, 15) is 4.39 Å². The maximum atomic E-state index is 13.1. The van der Waals surface area contributed by atoms with E-state index in [4.69, 9.17) is 0 Å². The first-order chi connectivity index (χ1) is 13.3. The lowest BCUT2D eigenvalue weighted by atomic mass is 10.00. The van der Waals surface area contributed by atoms with Crippen LogP contribution in [0.5, 0.6) is 0 Å². The van der Waals surface area contributed by atoms with Gasteiger partial charge in [0.15, 0.2) is 0 Å². The lowest BCUT2D eigenvalue weighted by molar-refractivity contribution is 0.627. The van der Waals surface area contributed by atoms with E-state index in [0.717, 1.165) is 24.0 Å². The quantitative estimate of drug-likeness (QED) is 0.388. The number of hydrogen-bond donors (Lipinski definition) is 0. The molecule has 0 atom stereocenters. The Morgan fingerprint density at radius 2 is 1.37 bits per heavy atom. The van der Waals surface area contributed by atoms with Crippen molar-refractivity contribution in [3.05, 3.63) is 119 Å². The van der Waals surface area contributed by atoms with Crippen molar-refractivity contribution < 1.29 is 4.39 Å². The zero-order valence-electron chi connectivity index (χ0n) is 15.0. The molecule has 1 heteroatoms. The summed E-state index contributed by atoms with van der Waals surface area (Å²) in [5.41, 5.74) is 4.57. The van der Waals surface area contributed by atoms with Crippen molar-refractivity contribution in [1.82, 2.24) is 0 Å². The fraction of sp³-hybridized carbons (Fsp3) is 0.0769. The number of fused-ring (bicyclic) bond motifs is 1. The molecule has 0 aliphatic carbocycles. The Morgan fingerprint density at radius 1 is 0.630 bits per heavy atom. The van der Waals surface area contributed by atoms with Crippen molar-refractivity contribution in [2.24, 2.45) is 0 Å². The molecule has 0 spiro atoms. The highest BCUT2D eigenvalue weighted by Gasteiger charge is 2.01. The van der Waals surface area contributed by atoms with Gasteiger partial charge in [-0.05, 0) is 58.1 Å². The molecule has 0 fully saturated rings. The van der Waals surface area contributed by atoms with Gasteiger partial charge in [0, 0.05) is 12.0 Å². The molecule has 4 rings (SSSR count). The van der Waals surface area contributed by atoms with Gasteiger partial charge in [-0.2, -0.15) is 0 Å². The van der Waals surface area contributed by atoms with Crippen LogP contribution in [0.4, 0.5) is 4.39 Å². The average molecular weight is 350 g/mol. The van der Waals surface area contributed by atoms with E-state index in [1.54, 1.807) is 0 Å². The first kappa shape index (κ1) is 17.1. The zero-order chi connectivity index (χ0) is 18.5. The molecule has 4 aromatic rings. The second-order valence-corrected chi connectivity index (χ2v) is 6.66. The van der Waals surface area contributed by atoms with E-state index in [2.05, 4.69) is 60.4 Å². The third-order valence-electron chi connectivity index (χ3n) is 4.59. The minimum atomic E-state index is -0.198. The van der Waals surface area contributed by atoms with E-state index in [1.165, 1.54) is 34.0 Å². The second kappa shape index (κ2) is 7.89. The molecule has 27 heavy (non-hydrogen) atoms. The van der Waals surface area contributed by atoms with E-state index in [1.807, 2.05) is 30.3 Å². The molecular formula is C26H19F. The first-order valence-electron chi connectivity index (χ1n) is 9.06. The van der Waals surface area contributed by atoms with Gasteiger partial charge >= 0.3 is 0 Å². The summed E-state index contributed by atoms with van der Waals surface area (Å²) in [5.74, 6) is 6.33. The normalized spacial score (nSPS) is 10.4. The van der Waals surface area contributed by atoms with Gasteiger partial charge in [0.1, 0.15) is 5.82 Å². The summed E-state index contributed by atoms with van der Waals surface area (Å²) < 4.78 is 13.1. The number of rotatable bonds is 3. The Hall–Kier alpha value is -3.37. The monoisotopic (exact) mass is 350 g/mol. The predicted molar refractivity (Wildman–Crippen MR) is 110 cm³/mol. The number of hydrogen-bond acceptors (Lipinski definition) is 0. The van der Waals surface area contributed by atoms with E-state index < -0.39 is 0 Å². The molecule has 0 nitrogen and oxygen atoms in total. The van der Waals surface area contributed by atoms with Crippen molar-refractivity contribution in [1.29, 1.82) is 0 Å². The highest BCUT2D eigenvalue weighted by atomic mass is 19.1. The van der Waals surface area contributed by atoms with Crippen molar-refractivity contribution in [2.45, 2.75) is 12.8 Å². The van der Waals surface area contributed by atoms with Crippen LogP contribution in [-0.2, 0) is 12.8 Å². The lowest BCUT2D eigenvalue weighted by Gasteiger charge is -2.05. The van der Waals surface area contributed by atoms with E-state index in [-0.39, 0.29) is 5.82 Å². The Kier molecular flexibility index (Phi) is 4.99. The van der Waals surface area contributed by atoms with Crippen LogP contribution in [0.2, 0.25) is 0 Å². The smallest absolute Gasteiger partial charge is 0.123 e. The van der Waals surface area contributed by atoms with E-state index in [0.29, 0.717) is 0 Å². The summed E-state index contributed by atoms with van der Waals surface area (Å²) in [6.45, 7) is 0. The van der Waals surface area contributed by atoms with Crippen LogP contribution >= 0.6 is 0 Å². The van der Waals surface area contributed by atoms with Gasteiger partial charge in [0.25, 0.3) is 0 Å². The Balaban J connectivity index is 1.55. The first-order valence-corrected chi connectivity index (χ1v) is 9.06. The summed E-state index contributed by atoms with van der Waals surface area (Å²) in [4.78, 5) is 0. The molecule has 0 heterocycles. The number of halogens is 1. The van der Waals surface area contributed by atoms with Gasteiger partial charge in [-0.3, -0.25) is 0 Å².